The maximum atomic E-state index is 16.4. The molecule has 3 heterocycles. The summed E-state index contributed by atoms with van der Waals surface area (Å²) in [6.45, 7) is -0.804. The molecule has 5 rings (SSSR count). The Hall–Kier alpha value is -3.60. The molecule has 1 saturated carbocycles. The second-order valence-corrected chi connectivity index (χ2v) is 9.17. The maximum absolute atomic E-state index is 16.4. The largest absolute Gasteiger partial charge is 0.479 e. The third-order valence-electron chi connectivity index (χ3n) is 6.61. The number of carbonyl (C=O) groups is 2. The number of imidazole rings is 1. The fourth-order valence-corrected chi connectivity index (χ4v) is 4.77. The zero-order valence-electron chi connectivity index (χ0n) is 18.7. The highest BCUT2D eigenvalue weighted by atomic mass is 35.5. The second-order valence-electron chi connectivity index (χ2n) is 8.83. The number of nitrogen functional groups attached to an aromatic ring is 1. The number of rotatable bonds is 7. The molecule has 12 nitrogen and oxygen atoms in total. The molecule has 0 radical (unpaired) electrons. The summed E-state index contributed by atoms with van der Waals surface area (Å²) >= 11 is 5.80. The van der Waals surface area contributed by atoms with Gasteiger partial charge in [-0.25, -0.2) is 19.0 Å². The van der Waals surface area contributed by atoms with Crippen molar-refractivity contribution in [3.8, 4) is 0 Å². The van der Waals surface area contributed by atoms with Crippen LogP contribution >= 0.6 is 11.6 Å². The lowest BCUT2D eigenvalue weighted by atomic mass is 9.93. The van der Waals surface area contributed by atoms with Gasteiger partial charge < -0.3 is 30.5 Å². The van der Waals surface area contributed by atoms with Crippen molar-refractivity contribution >= 4 is 40.5 Å². The topological polar surface area (TPSA) is 183 Å². The van der Waals surface area contributed by atoms with Gasteiger partial charge in [0.15, 0.2) is 17.1 Å². The number of nitrogens with two attached hydrogens (primary N) is 1. The Balaban J connectivity index is 1.51. The number of hydrogen-bond donors (Lipinski definition) is 4. The fourth-order valence-electron chi connectivity index (χ4n) is 4.60. The molecule has 3 aromatic rings. The van der Waals surface area contributed by atoms with E-state index in [2.05, 4.69) is 15.0 Å². The quantitative estimate of drug-likeness (QED) is 0.186. The van der Waals surface area contributed by atoms with Gasteiger partial charge in [-0.15, -0.1) is 0 Å². The van der Waals surface area contributed by atoms with Crippen LogP contribution in [0.1, 0.15) is 11.1 Å². The van der Waals surface area contributed by atoms with Crippen LogP contribution in [0, 0.1) is 0 Å². The summed E-state index contributed by atoms with van der Waals surface area (Å²) in [5.41, 5.74) is -1.96. The molecule has 2 unspecified atom stereocenters. The average molecular weight is 562 g/mol. The van der Waals surface area contributed by atoms with Gasteiger partial charge >= 0.3 is 18.1 Å². The second kappa shape index (κ2) is 8.20. The number of fused-ring (bicyclic) bond motifs is 2. The average Bonchev–Trinajstić information content (AvgIpc) is 3.08. The van der Waals surface area contributed by atoms with E-state index < -0.39 is 65.9 Å². The van der Waals surface area contributed by atoms with Gasteiger partial charge in [-0.2, -0.15) is 23.1 Å². The first-order chi connectivity index (χ1) is 17.6. The first-order valence-electron chi connectivity index (χ1n) is 10.7. The number of nitrogens with zero attached hydrogens (tertiary/aromatic N) is 4. The van der Waals surface area contributed by atoms with Crippen LogP contribution in [-0.4, -0.2) is 76.8 Å². The molecule has 0 spiro atoms. The summed E-state index contributed by atoms with van der Waals surface area (Å²) in [7, 11) is 0. The van der Waals surface area contributed by atoms with Crippen molar-refractivity contribution in [2.45, 2.75) is 41.8 Å². The van der Waals surface area contributed by atoms with E-state index in [4.69, 9.17) is 26.8 Å². The van der Waals surface area contributed by atoms with Gasteiger partial charge in [0, 0.05) is 6.42 Å². The van der Waals surface area contributed by atoms with E-state index >= 15 is 4.39 Å². The number of aliphatic carboxylic acids is 2. The summed E-state index contributed by atoms with van der Waals surface area (Å²) < 4.78 is 67.2. The van der Waals surface area contributed by atoms with Crippen LogP contribution < -0.4 is 5.73 Å². The molecule has 38 heavy (non-hydrogen) atoms. The number of ether oxygens (including phenoxy) is 2. The third-order valence-corrected chi connectivity index (χ3v) is 6.77. The lowest BCUT2D eigenvalue weighted by molar-refractivity contribution is -0.198. The monoisotopic (exact) mass is 561 g/mol. The zero-order valence-corrected chi connectivity index (χ0v) is 19.4. The summed E-state index contributed by atoms with van der Waals surface area (Å²) in [5.74, 6) is -7.31. The minimum atomic E-state index is -4.79. The summed E-state index contributed by atoms with van der Waals surface area (Å²) in [6.07, 6.45) is -8.38. The van der Waals surface area contributed by atoms with E-state index in [1.807, 2.05) is 0 Å². The number of aliphatic hydroxyl groups is 1. The molecule has 1 aromatic carbocycles. The highest BCUT2D eigenvalue weighted by Crippen LogP contribution is 2.60. The van der Waals surface area contributed by atoms with Crippen molar-refractivity contribution in [2.75, 3.05) is 12.3 Å². The molecule has 2 aliphatic rings. The van der Waals surface area contributed by atoms with Gasteiger partial charge in [0.25, 0.3) is 5.60 Å². The Morgan fingerprint density at radius 1 is 1.26 bits per heavy atom. The first kappa shape index (κ1) is 26.0. The number of hydrogen-bond acceptors (Lipinski definition) is 9. The Kier molecular flexibility index (Phi) is 5.61. The molecule has 1 aliphatic heterocycles. The van der Waals surface area contributed by atoms with Gasteiger partial charge in [-0.05, 0) is 23.2 Å². The highest BCUT2D eigenvalue weighted by molar-refractivity contribution is 6.28. The Bertz CT molecular complexity index is 1470. The summed E-state index contributed by atoms with van der Waals surface area (Å²) in [5, 5.41) is 30.5. The lowest BCUT2D eigenvalue weighted by Gasteiger charge is -2.31. The molecule has 2 aromatic heterocycles. The summed E-state index contributed by atoms with van der Waals surface area (Å²) in [4.78, 5) is 35.8. The zero-order chi connectivity index (χ0) is 27.8. The number of carboxylic acids is 2. The number of alkyl halides is 4. The molecule has 0 bridgehead atoms. The van der Waals surface area contributed by atoms with Crippen LogP contribution in [0.3, 0.4) is 0 Å². The predicted molar refractivity (Wildman–Crippen MR) is 117 cm³/mol. The normalized spacial score (nSPS) is 26.9. The molecule has 4 atom stereocenters. The SMILES string of the molecule is Nc1nc(Cl)nc2c1ncn2C1(F)CO[C@@H]2C(OC(Cc3cccc(C(F)(F)F)c3)(C(=O)O)C(=O)O)[C@@]21O. The van der Waals surface area contributed by atoms with Crippen molar-refractivity contribution in [3.63, 3.8) is 0 Å². The summed E-state index contributed by atoms with van der Waals surface area (Å²) in [6, 6.07) is 3.31. The maximum Gasteiger partial charge on any atom is 0.416 e. The lowest BCUT2D eigenvalue weighted by Crippen LogP contribution is -2.54. The Morgan fingerprint density at radius 3 is 2.58 bits per heavy atom. The number of halogens is 5. The van der Waals surface area contributed by atoms with E-state index in [0.717, 1.165) is 23.0 Å². The van der Waals surface area contributed by atoms with Crippen LogP contribution in [0.4, 0.5) is 23.4 Å². The van der Waals surface area contributed by atoms with Gasteiger partial charge in [0.05, 0.1) is 11.9 Å². The molecule has 1 saturated heterocycles. The van der Waals surface area contributed by atoms with Crippen molar-refractivity contribution in [3.05, 3.63) is 47.0 Å². The number of aromatic nitrogens is 4. The Morgan fingerprint density at radius 2 is 1.95 bits per heavy atom. The molecule has 1 aliphatic carbocycles. The van der Waals surface area contributed by atoms with Crippen molar-refractivity contribution in [1.29, 1.82) is 0 Å². The molecule has 0 amide bonds. The highest BCUT2D eigenvalue weighted by Gasteiger charge is 2.85. The number of anilines is 1. The molecule has 5 N–H and O–H groups in total. The van der Waals surface area contributed by atoms with Gasteiger partial charge in [0.2, 0.25) is 11.1 Å². The van der Waals surface area contributed by atoms with E-state index in [1.54, 1.807) is 0 Å². The van der Waals surface area contributed by atoms with Crippen molar-refractivity contribution in [1.82, 2.24) is 19.5 Å². The molecule has 2 fully saturated rings. The van der Waals surface area contributed by atoms with E-state index in [0.29, 0.717) is 12.1 Å². The van der Waals surface area contributed by atoms with Crippen LogP contribution in [0.25, 0.3) is 11.2 Å². The first-order valence-corrected chi connectivity index (χ1v) is 11.0. The van der Waals surface area contributed by atoms with E-state index in [1.165, 1.54) is 0 Å². The van der Waals surface area contributed by atoms with Gasteiger partial charge in [-0.1, -0.05) is 18.2 Å². The van der Waals surface area contributed by atoms with Crippen LogP contribution in [0.2, 0.25) is 5.28 Å². The van der Waals surface area contributed by atoms with Crippen molar-refractivity contribution < 1.29 is 51.9 Å². The minimum Gasteiger partial charge on any atom is -0.479 e. The third kappa shape index (κ3) is 3.58. The van der Waals surface area contributed by atoms with Gasteiger partial charge in [-0.3, -0.25) is 4.57 Å². The van der Waals surface area contributed by atoms with E-state index in [-0.39, 0.29) is 27.8 Å². The Labute approximate surface area is 213 Å². The van der Waals surface area contributed by atoms with E-state index in [9.17, 15) is 38.1 Å². The minimum absolute atomic E-state index is 0.0773. The predicted octanol–water partition coefficient (Wildman–Crippen LogP) is 1.38. The van der Waals surface area contributed by atoms with Crippen LogP contribution in [0.5, 0.6) is 0 Å². The van der Waals surface area contributed by atoms with Crippen LogP contribution in [-0.2, 0) is 37.5 Å². The molecule has 17 heteroatoms. The van der Waals surface area contributed by atoms with Crippen LogP contribution in [0.15, 0.2) is 30.6 Å². The molecular formula is C21H16ClF4N5O7. The molecule has 202 valence electrons. The number of benzene rings is 1. The van der Waals surface area contributed by atoms with Crippen molar-refractivity contribution in [2.24, 2.45) is 0 Å². The van der Waals surface area contributed by atoms with Gasteiger partial charge in [0.1, 0.15) is 24.3 Å². The molecular weight excluding hydrogens is 546 g/mol. The smallest absolute Gasteiger partial charge is 0.416 e. The fraction of sp³-hybridized carbons (Fsp3) is 0.381. The standard InChI is InChI=1S/C21H16ClF4N5O7/c22-17-29-13(27)10-14(30-17)31(7-28-10)19(23)6-37-11-12(20(11,19)36)38-18(15(32)33,16(34)35)5-8-2-1-3-9(4-8)21(24,25)26/h1-4,7,11-12,36H,5-6H2,(H,32,33)(H,34,35)(H2,27,29,30)/t11-,12?,19?,20+/m1/s1. The number of carboxylic acid groups (broad SMARTS) is 2.